The van der Waals surface area contributed by atoms with Crippen LogP contribution in [-0.4, -0.2) is 36.4 Å². The van der Waals surface area contributed by atoms with Crippen molar-refractivity contribution in [3.05, 3.63) is 52.2 Å². The average molecular weight is 385 g/mol. The molecule has 26 heavy (non-hydrogen) atoms. The van der Waals surface area contributed by atoms with Gasteiger partial charge < -0.3 is 14.4 Å². The Kier molecular flexibility index (Phi) is 5.83. The SMILES string of the molecule is O=C(c1ccc(OC(F)(F)F)cc1)N(Cc1cccs1)C1CCOCC1. The summed E-state index contributed by atoms with van der Waals surface area (Å²) in [5.74, 6) is -0.547. The molecule has 0 aliphatic carbocycles. The molecule has 140 valence electrons. The van der Waals surface area contributed by atoms with E-state index in [-0.39, 0.29) is 17.7 Å². The third-order valence-corrected chi connectivity index (χ3v) is 4.99. The van der Waals surface area contributed by atoms with E-state index in [0.717, 1.165) is 29.9 Å². The number of amides is 1. The van der Waals surface area contributed by atoms with Gasteiger partial charge in [0.2, 0.25) is 0 Å². The molecule has 0 radical (unpaired) electrons. The second kappa shape index (κ2) is 8.09. The van der Waals surface area contributed by atoms with E-state index in [1.807, 2.05) is 17.5 Å². The predicted molar refractivity (Wildman–Crippen MR) is 91.2 cm³/mol. The summed E-state index contributed by atoms with van der Waals surface area (Å²) in [6, 6.07) is 8.99. The molecule has 8 heteroatoms. The minimum absolute atomic E-state index is 0.0458. The topological polar surface area (TPSA) is 38.8 Å². The van der Waals surface area contributed by atoms with Crippen LogP contribution in [0.5, 0.6) is 5.75 Å². The third-order valence-electron chi connectivity index (χ3n) is 4.13. The first-order chi connectivity index (χ1) is 12.4. The lowest BCUT2D eigenvalue weighted by Gasteiger charge is -2.34. The summed E-state index contributed by atoms with van der Waals surface area (Å²) in [5.41, 5.74) is 0.336. The number of carbonyl (C=O) groups excluding carboxylic acids is 1. The fourth-order valence-corrected chi connectivity index (χ4v) is 3.60. The van der Waals surface area contributed by atoms with Crippen molar-refractivity contribution in [1.82, 2.24) is 4.90 Å². The second-order valence-electron chi connectivity index (χ2n) is 5.93. The minimum Gasteiger partial charge on any atom is -0.406 e. The number of carbonyl (C=O) groups is 1. The maximum Gasteiger partial charge on any atom is 0.573 e. The molecule has 1 aliphatic rings. The highest BCUT2D eigenvalue weighted by molar-refractivity contribution is 7.09. The predicted octanol–water partition coefficient (Wildman–Crippen LogP) is 4.47. The Morgan fingerprint density at radius 3 is 2.46 bits per heavy atom. The van der Waals surface area contributed by atoms with Gasteiger partial charge in [-0.15, -0.1) is 24.5 Å². The first-order valence-electron chi connectivity index (χ1n) is 8.19. The van der Waals surface area contributed by atoms with Crippen molar-refractivity contribution in [2.75, 3.05) is 13.2 Å². The number of thiophene rings is 1. The van der Waals surface area contributed by atoms with Crippen molar-refractivity contribution in [3.8, 4) is 5.75 Å². The standard InChI is InChI=1S/C18H18F3NO3S/c19-18(20,21)25-15-5-3-13(4-6-15)17(23)22(12-16-2-1-11-26-16)14-7-9-24-10-8-14/h1-6,11,14H,7-10,12H2. The molecule has 0 unspecified atom stereocenters. The van der Waals surface area contributed by atoms with Crippen LogP contribution in [0.3, 0.4) is 0 Å². The van der Waals surface area contributed by atoms with Gasteiger partial charge in [-0.05, 0) is 48.6 Å². The quantitative estimate of drug-likeness (QED) is 0.762. The Morgan fingerprint density at radius 1 is 1.19 bits per heavy atom. The largest absolute Gasteiger partial charge is 0.573 e. The molecule has 1 saturated heterocycles. The van der Waals surface area contributed by atoms with Crippen molar-refractivity contribution in [3.63, 3.8) is 0 Å². The van der Waals surface area contributed by atoms with Gasteiger partial charge in [-0.1, -0.05) is 6.07 Å². The van der Waals surface area contributed by atoms with E-state index in [1.54, 1.807) is 16.2 Å². The molecule has 2 aromatic rings. The van der Waals surface area contributed by atoms with Gasteiger partial charge in [0.05, 0.1) is 6.54 Å². The highest BCUT2D eigenvalue weighted by atomic mass is 32.1. The molecule has 3 rings (SSSR count). The Bertz CT molecular complexity index is 710. The zero-order chi connectivity index (χ0) is 18.6. The van der Waals surface area contributed by atoms with Gasteiger partial charge in [0.25, 0.3) is 5.91 Å². The Labute approximate surface area is 153 Å². The van der Waals surface area contributed by atoms with Crippen LogP contribution in [0.25, 0.3) is 0 Å². The Morgan fingerprint density at radius 2 is 1.88 bits per heavy atom. The summed E-state index contributed by atoms with van der Waals surface area (Å²) in [5, 5.41) is 1.95. The first kappa shape index (κ1) is 18.7. The summed E-state index contributed by atoms with van der Waals surface area (Å²) in [6.07, 6.45) is -3.27. The lowest BCUT2D eigenvalue weighted by atomic mass is 10.0. The normalized spacial score (nSPS) is 15.7. The van der Waals surface area contributed by atoms with Gasteiger partial charge >= 0.3 is 6.36 Å². The molecule has 0 N–H and O–H groups in total. The van der Waals surface area contributed by atoms with Crippen molar-refractivity contribution in [1.29, 1.82) is 0 Å². The summed E-state index contributed by atoms with van der Waals surface area (Å²) in [7, 11) is 0. The minimum atomic E-state index is -4.75. The molecule has 4 nitrogen and oxygen atoms in total. The van der Waals surface area contributed by atoms with Gasteiger partial charge in [-0.3, -0.25) is 4.79 Å². The number of hydrogen-bond donors (Lipinski definition) is 0. The molecule has 1 aliphatic heterocycles. The zero-order valence-corrected chi connectivity index (χ0v) is 14.7. The fraction of sp³-hybridized carbons (Fsp3) is 0.389. The van der Waals surface area contributed by atoms with Gasteiger partial charge in [0.1, 0.15) is 5.75 Å². The maximum absolute atomic E-state index is 13.0. The summed E-state index contributed by atoms with van der Waals surface area (Å²) < 4.78 is 46.1. The number of benzene rings is 1. The van der Waals surface area contributed by atoms with Gasteiger partial charge in [-0.2, -0.15) is 0 Å². The van der Waals surface area contributed by atoms with E-state index in [9.17, 15) is 18.0 Å². The number of nitrogens with zero attached hydrogens (tertiary/aromatic N) is 1. The van der Waals surface area contributed by atoms with Crippen LogP contribution < -0.4 is 4.74 Å². The van der Waals surface area contributed by atoms with Crippen molar-refractivity contribution in [2.45, 2.75) is 31.8 Å². The van der Waals surface area contributed by atoms with Crippen LogP contribution in [0.4, 0.5) is 13.2 Å². The summed E-state index contributed by atoms with van der Waals surface area (Å²) >= 11 is 1.57. The van der Waals surface area contributed by atoms with Crippen LogP contribution in [-0.2, 0) is 11.3 Å². The average Bonchev–Trinajstić information content (AvgIpc) is 3.12. The molecule has 1 aromatic carbocycles. The highest BCUT2D eigenvalue weighted by Crippen LogP contribution is 2.25. The van der Waals surface area contributed by atoms with Crippen molar-refractivity contribution in [2.24, 2.45) is 0 Å². The van der Waals surface area contributed by atoms with Crippen LogP contribution >= 0.6 is 11.3 Å². The third kappa shape index (κ3) is 4.98. The monoisotopic (exact) mass is 385 g/mol. The second-order valence-corrected chi connectivity index (χ2v) is 6.96. The summed E-state index contributed by atoms with van der Waals surface area (Å²) in [4.78, 5) is 15.8. The molecule has 0 bridgehead atoms. The number of alkyl halides is 3. The van der Waals surface area contributed by atoms with Gasteiger partial charge in [0, 0.05) is 29.7 Å². The highest BCUT2D eigenvalue weighted by Gasteiger charge is 2.31. The maximum atomic E-state index is 13.0. The van der Waals surface area contributed by atoms with E-state index in [0.29, 0.717) is 25.3 Å². The van der Waals surface area contributed by atoms with Crippen molar-refractivity contribution >= 4 is 17.2 Å². The van der Waals surface area contributed by atoms with Gasteiger partial charge in [-0.25, -0.2) is 0 Å². The molecular formula is C18H18F3NO3S. The summed E-state index contributed by atoms with van der Waals surface area (Å²) in [6.45, 7) is 1.66. The fourth-order valence-electron chi connectivity index (χ4n) is 2.90. The molecule has 1 fully saturated rings. The van der Waals surface area contributed by atoms with Crippen LogP contribution in [0.15, 0.2) is 41.8 Å². The van der Waals surface area contributed by atoms with E-state index in [1.165, 1.54) is 12.1 Å². The van der Waals surface area contributed by atoms with E-state index in [2.05, 4.69) is 4.74 Å². The molecule has 2 heterocycles. The number of ether oxygens (including phenoxy) is 2. The number of halogens is 3. The molecule has 0 atom stereocenters. The molecule has 0 saturated carbocycles. The van der Waals surface area contributed by atoms with Crippen molar-refractivity contribution < 1.29 is 27.4 Å². The Hall–Kier alpha value is -2.06. The number of hydrogen-bond acceptors (Lipinski definition) is 4. The van der Waals surface area contributed by atoms with E-state index < -0.39 is 6.36 Å². The zero-order valence-electron chi connectivity index (χ0n) is 13.9. The first-order valence-corrected chi connectivity index (χ1v) is 9.07. The smallest absolute Gasteiger partial charge is 0.406 e. The van der Waals surface area contributed by atoms with E-state index >= 15 is 0 Å². The van der Waals surface area contributed by atoms with E-state index in [4.69, 9.17) is 4.74 Å². The lowest BCUT2D eigenvalue weighted by molar-refractivity contribution is -0.274. The Balaban J connectivity index is 1.77. The van der Waals surface area contributed by atoms with Gasteiger partial charge in [0.15, 0.2) is 0 Å². The van der Waals surface area contributed by atoms with Crippen LogP contribution in [0.2, 0.25) is 0 Å². The van der Waals surface area contributed by atoms with Crippen LogP contribution in [0.1, 0.15) is 28.1 Å². The molecule has 1 aromatic heterocycles. The lowest BCUT2D eigenvalue weighted by Crippen LogP contribution is -2.42. The molecular weight excluding hydrogens is 367 g/mol. The number of rotatable bonds is 5. The molecule has 0 spiro atoms. The molecule has 1 amide bonds. The van der Waals surface area contributed by atoms with Crippen LogP contribution in [0, 0.1) is 0 Å².